The van der Waals surface area contributed by atoms with Crippen molar-refractivity contribution in [2.24, 2.45) is 11.5 Å². The average Bonchev–Trinajstić information content (AvgIpc) is 2.46. The summed E-state index contributed by atoms with van der Waals surface area (Å²) in [6.45, 7) is 1.66. The molecule has 100 valence electrons. The van der Waals surface area contributed by atoms with Gasteiger partial charge >= 0.3 is 0 Å². The van der Waals surface area contributed by atoms with Gasteiger partial charge in [0.15, 0.2) is 0 Å². The van der Waals surface area contributed by atoms with Crippen molar-refractivity contribution in [2.45, 2.75) is 12.6 Å². The third kappa shape index (κ3) is 2.67. The Morgan fingerprint density at radius 3 is 3.00 bits per heavy atom. The van der Waals surface area contributed by atoms with Crippen LogP contribution < -0.4 is 16.4 Å². The summed E-state index contributed by atoms with van der Waals surface area (Å²) in [6, 6.07) is 7.00. The van der Waals surface area contributed by atoms with Crippen LogP contribution in [-0.4, -0.2) is 31.7 Å². The number of hydrogen-bond acceptors (Lipinski definition) is 5. The lowest BCUT2D eigenvalue weighted by atomic mass is 10.1. The number of carbonyl (C=O) groups is 1. The highest BCUT2D eigenvalue weighted by Gasteiger charge is 2.29. The van der Waals surface area contributed by atoms with Gasteiger partial charge in [0.05, 0.1) is 24.5 Å². The Hall–Kier alpha value is -2.10. The van der Waals surface area contributed by atoms with E-state index >= 15 is 0 Å². The number of nitrogens with zero attached hydrogens (tertiary/aromatic N) is 2. The molecule has 19 heavy (non-hydrogen) atoms. The number of rotatable bonds is 3. The molecule has 1 aliphatic heterocycles. The molecule has 6 heteroatoms. The Bertz CT molecular complexity index is 524. The fraction of sp³-hybridized carbons (Fsp3) is 0.385. The van der Waals surface area contributed by atoms with E-state index < -0.39 is 11.9 Å². The molecule has 1 amide bonds. The fourth-order valence-corrected chi connectivity index (χ4v) is 2.18. The van der Waals surface area contributed by atoms with E-state index in [2.05, 4.69) is 6.07 Å². The number of amides is 1. The van der Waals surface area contributed by atoms with Crippen molar-refractivity contribution in [3.8, 4) is 6.07 Å². The van der Waals surface area contributed by atoms with E-state index in [1.165, 1.54) is 0 Å². The predicted molar refractivity (Wildman–Crippen MR) is 70.2 cm³/mol. The van der Waals surface area contributed by atoms with Crippen LogP contribution in [0.4, 0.5) is 5.69 Å². The van der Waals surface area contributed by atoms with Gasteiger partial charge in [-0.25, -0.2) is 0 Å². The molecule has 0 aromatic heterocycles. The number of nitrogens with two attached hydrogens (primary N) is 2. The number of carbonyl (C=O) groups excluding carboxylic acids is 1. The molecule has 0 saturated carbocycles. The molecule has 0 bridgehead atoms. The standard InChI is InChI=1S/C13H16N4O2/c14-6-9-1-2-11(10(5-9)7-15)17-3-4-19-8-12(17)13(16)18/h1-2,5,12H,3-4,6,8,14H2,(H2,16,18). The highest BCUT2D eigenvalue weighted by molar-refractivity contribution is 5.84. The third-order valence-electron chi connectivity index (χ3n) is 3.18. The van der Waals surface area contributed by atoms with Gasteiger partial charge in [-0.2, -0.15) is 5.26 Å². The number of anilines is 1. The summed E-state index contributed by atoms with van der Waals surface area (Å²) >= 11 is 0. The summed E-state index contributed by atoms with van der Waals surface area (Å²) in [7, 11) is 0. The largest absolute Gasteiger partial charge is 0.377 e. The van der Waals surface area contributed by atoms with Gasteiger partial charge in [-0.05, 0) is 17.7 Å². The van der Waals surface area contributed by atoms with Gasteiger partial charge in [0, 0.05) is 13.1 Å². The first-order valence-electron chi connectivity index (χ1n) is 6.04. The smallest absolute Gasteiger partial charge is 0.242 e. The number of ether oxygens (including phenoxy) is 1. The summed E-state index contributed by atoms with van der Waals surface area (Å²) in [5.41, 5.74) is 13.0. The Morgan fingerprint density at radius 1 is 1.58 bits per heavy atom. The van der Waals surface area contributed by atoms with E-state index in [-0.39, 0.29) is 6.61 Å². The van der Waals surface area contributed by atoms with E-state index in [1.807, 2.05) is 17.0 Å². The van der Waals surface area contributed by atoms with Crippen LogP contribution in [0.25, 0.3) is 0 Å². The third-order valence-corrected chi connectivity index (χ3v) is 3.18. The SMILES string of the molecule is N#Cc1cc(CN)ccc1N1CCOCC1C(N)=O. The van der Waals surface area contributed by atoms with E-state index in [9.17, 15) is 10.1 Å². The molecule has 1 atom stereocenters. The van der Waals surface area contributed by atoms with Gasteiger partial charge in [0.2, 0.25) is 5.91 Å². The quantitative estimate of drug-likeness (QED) is 0.776. The van der Waals surface area contributed by atoms with Crippen LogP contribution in [0, 0.1) is 11.3 Å². The van der Waals surface area contributed by atoms with Crippen molar-refractivity contribution < 1.29 is 9.53 Å². The molecule has 4 N–H and O–H groups in total. The molecule has 1 aliphatic rings. The minimum Gasteiger partial charge on any atom is -0.377 e. The molecular formula is C13H16N4O2. The molecule has 1 heterocycles. The van der Waals surface area contributed by atoms with E-state index in [0.29, 0.717) is 30.9 Å². The molecule has 2 rings (SSSR count). The van der Waals surface area contributed by atoms with Gasteiger partial charge in [-0.15, -0.1) is 0 Å². The van der Waals surface area contributed by atoms with E-state index in [0.717, 1.165) is 5.56 Å². The first-order chi connectivity index (χ1) is 9.17. The van der Waals surface area contributed by atoms with Crippen molar-refractivity contribution in [1.82, 2.24) is 0 Å². The molecule has 6 nitrogen and oxygen atoms in total. The average molecular weight is 260 g/mol. The van der Waals surface area contributed by atoms with Crippen LogP contribution in [0.2, 0.25) is 0 Å². The monoisotopic (exact) mass is 260 g/mol. The lowest BCUT2D eigenvalue weighted by Crippen LogP contribution is -2.52. The Morgan fingerprint density at radius 2 is 2.37 bits per heavy atom. The van der Waals surface area contributed by atoms with Gasteiger partial charge in [-0.3, -0.25) is 4.79 Å². The minimum atomic E-state index is -0.537. The zero-order valence-electron chi connectivity index (χ0n) is 10.5. The van der Waals surface area contributed by atoms with Crippen LogP contribution in [0.15, 0.2) is 18.2 Å². The number of benzene rings is 1. The number of primary amides is 1. The first-order valence-corrected chi connectivity index (χ1v) is 6.04. The van der Waals surface area contributed by atoms with Gasteiger partial charge in [0.1, 0.15) is 12.1 Å². The van der Waals surface area contributed by atoms with Crippen LogP contribution in [0.5, 0.6) is 0 Å². The lowest BCUT2D eigenvalue weighted by Gasteiger charge is -2.35. The van der Waals surface area contributed by atoms with Crippen molar-refractivity contribution in [1.29, 1.82) is 5.26 Å². The Balaban J connectivity index is 2.39. The Labute approximate surface area is 111 Å². The zero-order valence-corrected chi connectivity index (χ0v) is 10.5. The predicted octanol–water partition coefficient (Wildman–Crippen LogP) is -0.293. The minimum absolute atomic E-state index is 0.249. The fourth-order valence-electron chi connectivity index (χ4n) is 2.18. The molecule has 1 unspecified atom stereocenters. The van der Waals surface area contributed by atoms with Crippen LogP contribution in [-0.2, 0) is 16.1 Å². The molecule has 0 spiro atoms. The molecule has 0 aliphatic carbocycles. The number of nitriles is 1. The molecular weight excluding hydrogens is 244 g/mol. The highest BCUT2D eigenvalue weighted by atomic mass is 16.5. The second-order valence-corrected chi connectivity index (χ2v) is 4.35. The van der Waals surface area contributed by atoms with E-state index in [4.69, 9.17) is 16.2 Å². The maximum Gasteiger partial charge on any atom is 0.242 e. The zero-order chi connectivity index (χ0) is 13.8. The van der Waals surface area contributed by atoms with Crippen molar-refractivity contribution >= 4 is 11.6 Å². The Kier molecular flexibility index (Phi) is 4.00. The second kappa shape index (κ2) is 5.69. The van der Waals surface area contributed by atoms with Gasteiger partial charge in [-0.1, -0.05) is 6.07 Å². The van der Waals surface area contributed by atoms with Crippen molar-refractivity contribution in [3.05, 3.63) is 29.3 Å². The summed E-state index contributed by atoms with van der Waals surface area (Å²) in [5.74, 6) is -0.452. The molecule has 1 fully saturated rings. The van der Waals surface area contributed by atoms with Crippen LogP contribution in [0.3, 0.4) is 0 Å². The first kappa shape index (κ1) is 13.3. The molecule has 1 aromatic rings. The topological polar surface area (TPSA) is 105 Å². The number of morpholine rings is 1. The normalized spacial score (nSPS) is 18.9. The lowest BCUT2D eigenvalue weighted by molar-refractivity contribution is -0.121. The van der Waals surface area contributed by atoms with E-state index in [1.54, 1.807) is 6.07 Å². The summed E-state index contributed by atoms with van der Waals surface area (Å²) in [5, 5.41) is 9.23. The molecule has 1 saturated heterocycles. The molecule has 1 aromatic carbocycles. The maximum absolute atomic E-state index is 11.5. The van der Waals surface area contributed by atoms with Crippen LogP contribution in [0.1, 0.15) is 11.1 Å². The highest BCUT2D eigenvalue weighted by Crippen LogP contribution is 2.25. The van der Waals surface area contributed by atoms with Gasteiger partial charge < -0.3 is 21.1 Å². The molecule has 0 radical (unpaired) electrons. The van der Waals surface area contributed by atoms with Crippen LogP contribution >= 0.6 is 0 Å². The number of hydrogen-bond donors (Lipinski definition) is 2. The maximum atomic E-state index is 11.5. The summed E-state index contributed by atoms with van der Waals surface area (Å²) < 4.78 is 5.27. The summed E-state index contributed by atoms with van der Waals surface area (Å²) in [4.78, 5) is 13.3. The van der Waals surface area contributed by atoms with Crippen molar-refractivity contribution in [2.75, 3.05) is 24.7 Å². The van der Waals surface area contributed by atoms with Gasteiger partial charge in [0.25, 0.3) is 0 Å². The second-order valence-electron chi connectivity index (χ2n) is 4.35. The summed E-state index contributed by atoms with van der Waals surface area (Å²) in [6.07, 6.45) is 0. The van der Waals surface area contributed by atoms with Crippen molar-refractivity contribution in [3.63, 3.8) is 0 Å².